The number of hydrogen-bond acceptors (Lipinski definition) is 4. The van der Waals surface area contributed by atoms with E-state index >= 15 is 0 Å². The number of hydrogen-bond donors (Lipinski definition) is 0. The lowest BCUT2D eigenvalue weighted by Crippen LogP contribution is -1.79. The number of aromatic nitrogens is 3. The lowest BCUT2D eigenvalue weighted by atomic mass is 10.4. The van der Waals surface area contributed by atoms with Gasteiger partial charge in [0, 0.05) is 6.20 Å². The smallest absolute Gasteiger partial charge is 0.116 e. The summed E-state index contributed by atoms with van der Waals surface area (Å²) in [5.74, 6) is 0. The molecule has 2 aromatic rings. The molecule has 0 saturated carbocycles. The topological polar surface area (TPSA) is 38.7 Å². The largest absolute Gasteiger partial charge is 0.252 e. The van der Waals surface area contributed by atoms with Gasteiger partial charge in [0.05, 0.1) is 22.3 Å². The van der Waals surface area contributed by atoms with Crippen LogP contribution in [0.3, 0.4) is 0 Å². The zero-order chi connectivity index (χ0) is 7.52. The Hall–Kier alpha value is -1.29. The van der Waals surface area contributed by atoms with Gasteiger partial charge in [0.15, 0.2) is 0 Å². The predicted octanol–water partition coefficient (Wildman–Crippen LogP) is 1.40. The Balaban J connectivity index is 2.46. The highest BCUT2D eigenvalue weighted by atomic mass is 32.1. The van der Waals surface area contributed by atoms with Gasteiger partial charge in [-0.3, -0.25) is 4.98 Å². The molecular weight excluding hydrogens is 158 g/mol. The highest BCUT2D eigenvalue weighted by molar-refractivity contribution is 7.13. The van der Waals surface area contributed by atoms with Crippen LogP contribution >= 0.6 is 11.3 Å². The van der Waals surface area contributed by atoms with Crippen molar-refractivity contribution in [3.63, 3.8) is 0 Å². The molecule has 2 rings (SSSR count). The van der Waals surface area contributed by atoms with Crippen molar-refractivity contribution < 1.29 is 0 Å². The molecule has 0 atom stereocenters. The molecular formula is C7H4N3S. The van der Waals surface area contributed by atoms with E-state index in [4.69, 9.17) is 0 Å². The summed E-state index contributed by atoms with van der Waals surface area (Å²) in [5.41, 5.74) is 2.65. The third-order valence-corrected chi connectivity index (χ3v) is 2.01. The monoisotopic (exact) mass is 162 g/mol. The van der Waals surface area contributed by atoms with E-state index in [9.17, 15) is 0 Å². The molecule has 0 spiro atoms. The van der Waals surface area contributed by atoms with Crippen LogP contribution in [-0.4, -0.2) is 15.0 Å². The molecule has 0 bridgehead atoms. The molecule has 2 aromatic heterocycles. The fraction of sp³-hybridized carbons (Fsp3) is 0. The molecule has 0 aliphatic heterocycles. The molecule has 0 fully saturated rings. The summed E-state index contributed by atoms with van der Waals surface area (Å²) >= 11 is 1.55. The zero-order valence-corrected chi connectivity index (χ0v) is 6.38. The first-order valence-electron chi connectivity index (χ1n) is 3.04. The first-order chi connectivity index (χ1) is 5.47. The molecule has 0 unspecified atom stereocenters. The average molecular weight is 162 g/mol. The van der Waals surface area contributed by atoms with Gasteiger partial charge in [0.1, 0.15) is 6.33 Å². The van der Waals surface area contributed by atoms with Crippen molar-refractivity contribution in [2.45, 2.75) is 0 Å². The van der Waals surface area contributed by atoms with Gasteiger partial charge in [-0.2, -0.15) is 0 Å². The van der Waals surface area contributed by atoms with Crippen molar-refractivity contribution >= 4 is 11.3 Å². The van der Waals surface area contributed by atoms with Crippen LogP contribution in [0.15, 0.2) is 24.1 Å². The Bertz CT molecular complexity index is 317. The van der Waals surface area contributed by atoms with Gasteiger partial charge >= 0.3 is 0 Å². The van der Waals surface area contributed by atoms with Crippen LogP contribution in [-0.2, 0) is 0 Å². The van der Waals surface area contributed by atoms with Gasteiger partial charge in [-0.15, -0.1) is 11.3 Å². The first-order valence-corrected chi connectivity index (χ1v) is 3.92. The van der Waals surface area contributed by atoms with E-state index in [0.29, 0.717) is 0 Å². The van der Waals surface area contributed by atoms with Crippen LogP contribution in [0.4, 0.5) is 0 Å². The molecule has 0 N–H and O–H groups in total. The minimum Gasteiger partial charge on any atom is -0.252 e. The number of rotatable bonds is 1. The van der Waals surface area contributed by atoms with Gasteiger partial charge in [-0.1, -0.05) is 0 Å². The second kappa shape index (κ2) is 2.75. The third-order valence-electron chi connectivity index (χ3n) is 1.22. The van der Waals surface area contributed by atoms with E-state index in [1.807, 2.05) is 0 Å². The fourth-order valence-corrected chi connectivity index (χ4v) is 1.33. The Morgan fingerprint density at radius 2 is 2.45 bits per heavy atom. The van der Waals surface area contributed by atoms with Crippen LogP contribution in [0.5, 0.6) is 0 Å². The summed E-state index contributed by atoms with van der Waals surface area (Å²) in [6.45, 7) is 0. The summed E-state index contributed by atoms with van der Waals surface area (Å²) in [6.07, 6.45) is 5.98. The van der Waals surface area contributed by atoms with Crippen molar-refractivity contribution in [2.24, 2.45) is 0 Å². The molecule has 11 heavy (non-hydrogen) atoms. The maximum atomic E-state index is 4.05. The molecule has 1 radical (unpaired) electrons. The summed E-state index contributed by atoms with van der Waals surface area (Å²) in [7, 11) is 0. The molecule has 2 heterocycles. The summed E-state index contributed by atoms with van der Waals surface area (Å²) in [4.78, 5) is 12.7. The van der Waals surface area contributed by atoms with Crippen LogP contribution in [0.2, 0.25) is 0 Å². The summed E-state index contributed by atoms with van der Waals surface area (Å²) < 4.78 is 0. The van der Waals surface area contributed by atoms with Crippen molar-refractivity contribution in [1.82, 2.24) is 15.0 Å². The van der Waals surface area contributed by atoms with Crippen molar-refractivity contribution in [2.75, 3.05) is 0 Å². The standard InChI is InChI=1S/C7H4N3S/c1-2-8-4-10-6(1)7-3-9-5-11-7/h1,3-5H. The molecule has 0 amide bonds. The Morgan fingerprint density at radius 1 is 1.45 bits per heavy atom. The third kappa shape index (κ3) is 1.25. The van der Waals surface area contributed by atoms with Crippen molar-refractivity contribution in [3.05, 3.63) is 30.3 Å². The van der Waals surface area contributed by atoms with Crippen molar-refractivity contribution in [3.8, 4) is 10.6 Å². The van der Waals surface area contributed by atoms with E-state index < -0.39 is 0 Å². The maximum Gasteiger partial charge on any atom is 0.116 e. The van der Waals surface area contributed by atoms with Crippen LogP contribution in [0.25, 0.3) is 10.6 Å². The molecule has 4 heteroatoms. The van der Waals surface area contributed by atoms with Crippen molar-refractivity contribution in [1.29, 1.82) is 0 Å². The highest BCUT2D eigenvalue weighted by Gasteiger charge is 1.97. The SMILES string of the molecule is [c]1cc(-c2cncs2)ncn1. The normalized spacial score (nSPS) is 9.82. The Morgan fingerprint density at radius 3 is 3.09 bits per heavy atom. The fourth-order valence-electron chi connectivity index (χ4n) is 0.737. The molecule has 0 aliphatic rings. The van der Waals surface area contributed by atoms with Crippen LogP contribution in [0.1, 0.15) is 0 Å². The first kappa shape index (κ1) is 6.42. The number of nitrogens with zero attached hydrogens (tertiary/aromatic N) is 3. The van der Waals surface area contributed by atoms with E-state index in [0.717, 1.165) is 10.6 Å². The van der Waals surface area contributed by atoms with E-state index in [-0.39, 0.29) is 0 Å². The lowest BCUT2D eigenvalue weighted by molar-refractivity contribution is 1.17. The lowest BCUT2D eigenvalue weighted by Gasteiger charge is -1.89. The molecule has 53 valence electrons. The highest BCUT2D eigenvalue weighted by Crippen LogP contribution is 2.18. The molecule has 3 nitrogen and oxygen atoms in total. The van der Waals surface area contributed by atoms with Gasteiger partial charge < -0.3 is 0 Å². The minimum absolute atomic E-state index is 0.877. The molecule has 0 saturated heterocycles. The van der Waals surface area contributed by atoms with E-state index in [1.165, 1.54) is 6.33 Å². The maximum absolute atomic E-state index is 4.05. The second-order valence-corrected chi connectivity index (χ2v) is 2.78. The average Bonchev–Trinajstić information content (AvgIpc) is 2.58. The Kier molecular flexibility index (Phi) is 1.61. The van der Waals surface area contributed by atoms with Gasteiger partial charge in [-0.05, 0) is 6.07 Å². The zero-order valence-electron chi connectivity index (χ0n) is 5.56. The van der Waals surface area contributed by atoms with Crippen LogP contribution in [0, 0.1) is 6.20 Å². The summed E-state index contributed by atoms with van der Waals surface area (Å²) in [6, 6.07) is 1.74. The van der Waals surface area contributed by atoms with Crippen LogP contribution < -0.4 is 0 Å². The quantitative estimate of drug-likeness (QED) is 0.636. The minimum atomic E-state index is 0.877. The number of thiazole rings is 1. The Labute approximate surface area is 67.8 Å². The van der Waals surface area contributed by atoms with Gasteiger partial charge in [0.25, 0.3) is 0 Å². The van der Waals surface area contributed by atoms with E-state index in [1.54, 1.807) is 29.1 Å². The molecule has 0 aromatic carbocycles. The summed E-state index contributed by atoms with van der Waals surface area (Å²) in [5, 5.41) is 0. The second-order valence-electron chi connectivity index (χ2n) is 1.90. The predicted molar refractivity (Wildman–Crippen MR) is 42.0 cm³/mol. The van der Waals surface area contributed by atoms with Gasteiger partial charge in [0.2, 0.25) is 0 Å². The van der Waals surface area contributed by atoms with Gasteiger partial charge in [-0.25, -0.2) is 9.97 Å². The molecule has 0 aliphatic carbocycles. The van der Waals surface area contributed by atoms with E-state index in [2.05, 4.69) is 21.1 Å².